The predicted octanol–water partition coefficient (Wildman–Crippen LogP) is 4.03. The van der Waals surface area contributed by atoms with Crippen molar-refractivity contribution in [3.8, 4) is 0 Å². The van der Waals surface area contributed by atoms with Crippen LogP contribution in [0.15, 0.2) is 30.6 Å². The van der Waals surface area contributed by atoms with E-state index in [0.717, 1.165) is 24.8 Å². The molecule has 1 N–H and O–H groups in total. The molecule has 5 heterocycles. The van der Waals surface area contributed by atoms with Gasteiger partial charge in [0.05, 0.1) is 35.7 Å². The van der Waals surface area contributed by atoms with Gasteiger partial charge in [0.25, 0.3) is 0 Å². The van der Waals surface area contributed by atoms with Crippen LogP contribution in [0.1, 0.15) is 19.3 Å². The van der Waals surface area contributed by atoms with Crippen LogP contribution in [0.5, 0.6) is 0 Å². The monoisotopic (exact) mass is 450 g/mol. The lowest BCUT2D eigenvalue weighted by Crippen LogP contribution is -2.48. The number of urea groups is 1. The second-order valence-electron chi connectivity index (χ2n) is 8.42. The van der Waals surface area contributed by atoms with E-state index in [4.69, 9.17) is 0 Å². The molecular formula is C21H22F4N6O. The highest BCUT2D eigenvalue weighted by Crippen LogP contribution is 2.41. The van der Waals surface area contributed by atoms with E-state index in [-0.39, 0.29) is 24.7 Å². The molecule has 170 valence electrons. The standard InChI is InChI=1S/C21H22F4N6O/c22-14-8-15(10-26-9-14)27-20(32)31-16-5-7-29(12-16)17-3-4-18(28-19(17)31)30-6-1-2-13(11-30)21(23,24)25/h3-4,8-10,13,16H,1-2,5-7,11-12H2,(H,27,32)/t13?,16-/m0/s1. The minimum atomic E-state index is -4.25. The average molecular weight is 450 g/mol. The Morgan fingerprint density at radius 2 is 1.94 bits per heavy atom. The first-order valence-electron chi connectivity index (χ1n) is 10.6. The molecule has 3 aliphatic rings. The van der Waals surface area contributed by atoms with E-state index >= 15 is 0 Å². The number of fused-ring (bicyclic) bond motifs is 4. The minimum absolute atomic E-state index is 0.108. The van der Waals surface area contributed by atoms with Gasteiger partial charge in [0.15, 0.2) is 5.82 Å². The number of hydrogen-bond donors (Lipinski definition) is 1. The number of alkyl halides is 3. The molecule has 2 bridgehead atoms. The molecule has 2 aromatic heterocycles. The summed E-state index contributed by atoms with van der Waals surface area (Å²) in [6, 6.07) is 4.12. The molecule has 2 atom stereocenters. The molecule has 2 fully saturated rings. The van der Waals surface area contributed by atoms with Crippen molar-refractivity contribution in [2.75, 3.05) is 46.2 Å². The number of aromatic nitrogens is 2. The quantitative estimate of drug-likeness (QED) is 0.701. The number of hydrogen-bond acceptors (Lipinski definition) is 5. The molecule has 1 unspecified atom stereocenters. The van der Waals surface area contributed by atoms with Gasteiger partial charge >= 0.3 is 12.2 Å². The van der Waals surface area contributed by atoms with Crippen molar-refractivity contribution in [2.24, 2.45) is 5.92 Å². The Bertz CT molecular complexity index is 1030. The molecule has 32 heavy (non-hydrogen) atoms. The van der Waals surface area contributed by atoms with Crippen molar-refractivity contribution < 1.29 is 22.4 Å². The van der Waals surface area contributed by atoms with Gasteiger partial charge in [0.2, 0.25) is 0 Å². The molecule has 0 aliphatic carbocycles. The van der Waals surface area contributed by atoms with E-state index in [1.165, 1.54) is 12.3 Å². The number of amides is 2. The van der Waals surface area contributed by atoms with Crippen LogP contribution < -0.4 is 20.0 Å². The van der Waals surface area contributed by atoms with Crippen LogP contribution in [0.25, 0.3) is 0 Å². The van der Waals surface area contributed by atoms with E-state index in [1.807, 2.05) is 6.07 Å². The summed E-state index contributed by atoms with van der Waals surface area (Å²) in [6.07, 6.45) is -0.586. The number of halogens is 4. The van der Waals surface area contributed by atoms with Crippen LogP contribution in [0, 0.1) is 11.7 Å². The molecule has 5 rings (SSSR count). The van der Waals surface area contributed by atoms with Crippen molar-refractivity contribution in [2.45, 2.75) is 31.5 Å². The smallest absolute Gasteiger partial charge is 0.366 e. The Hall–Kier alpha value is -3.11. The first kappa shape index (κ1) is 20.8. The van der Waals surface area contributed by atoms with Gasteiger partial charge in [0, 0.05) is 32.2 Å². The lowest BCUT2D eigenvalue weighted by molar-refractivity contribution is -0.176. The summed E-state index contributed by atoms with van der Waals surface area (Å²) in [6.45, 7) is 1.73. The summed E-state index contributed by atoms with van der Waals surface area (Å²) in [7, 11) is 0. The van der Waals surface area contributed by atoms with Crippen LogP contribution in [0.3, 0.4) is 0 Å². The first-order valence-corrected chi connectivity index (χ1v) is 10.6. The second-order valence-corrected chi connectivity index (χ2v) is 8.42. The Morgan fingerprint density at radius 1 is 1.09 bits per heavy atom. The molecule has 2 amide bonds. The highest BCUT2D eigenvalue weighted by Gasteiger charge is 2.43. The van der Waals surface area contributed by atoms with Gasteiger partial charge in [-0.2, -0.15) is 13.2 Å². The largest absolute Gasteiger partial charge is 0.393 e. The lowest BCUT2D eigenvalue weighted by Gasteiger charge is -2.38. The van der Waals surface area contributed by atoms with Crippen molar-refractivity contribution in [3.63, 3.8) is 0 Å². The van der Waals surface area contributed by atoms with Crippen molar-refractivity contribution in [3.05, 3.63) is 36.4 Å². The first-order chi connectivity index (χ1) is 15.3. The van der Waals surface area contributed by atoms with Gasteiger partial charge in [-0.15, -0.1) is 0 Å². The van der Waals surface area contributed by atoms with E-state index in [9.17, 15) is 22.4 Å². The van der Waals surface area contributed by atoms with E-state index < -0.39 is 23.9 Å². The van der Waals surface area contributed by atoms with Crippen LogP contribution in [0.2, 0.25) is 0 Å². The molecule has 0 saturated carbocycles. The number of anilines is 4. The zero-order chi connectivity index (χ0) is 22.5. The number of carbonyl (C=O) groups excluding carboxylic acids is 1. The third-order valence-corrected chi connectivity index (χ3v) is 6.32. The Labute approximate surface area is 182 Å². The fourth-order valence-electron chi connectivity index (χ4n) is 4.75. The number of nitrogens with zero attached hydrogens (tertiary/aromatic N) is 5. The van der Waals surface area contributed by atoms with Crippen LogP contribution >= 0.6 is 0 Å². The summed E-state index contributed by atoms with van der Waals surface area (Å²) in [5.74, 6) is -1.13. The third kappa shape index (κ3) is 3.80. The fourth-order valence-corrected chi connectivity index (χ4v) is 4.75. The van der Waals surface area contributed by atoms with Gasteiger partial charge in [-0.3, -0.25) is 9.88 Å². The highest BCUT2D eigenvalue weighted by molar-refractivity contribution is 6.04. The number of carbonyl (C=O) groups is 1. The summed E-state index contributed by atoms with van der Waals surface area (Å²) in [5, 5.41) is 2.67. The zero-order valence-electron chi connectivity index (χ0n) is 17.1. The normalized spacial score (nSPS) is 22.7. The van der Waals surface area contributed by atoms with Gasteiger partial charge in [0.1, 0.15) is 11.6 Å². The van der Waals surface area contributed by atoms with E-state index in [1.54, 1.807) is 15.9 Å². The van der Waals surface area contributed by atoms with Gasteiger partial charge in [-0.25, -0.2) is 14.2 Å². The van der Waals surface area contributed by atoms with Gasteiger partial charge < -0.3 is 15.1 Å². The summed E-state index contributed by atoms with van der Waals surface area (Å²) in [4.78, 5) is 26.8. The lowest BCUT2D eigenvalue weighted by atomic mass is 9.97. The van der Waals surface area contributed by atoms with Crippen molar-refractivity contribution in [1.29, 1.82) is 0 Å². The average Bonchev–Trinajstić information content (AvgIpc) is 3.17. The summed E-state index contributed by atoms with van der Waals surface area (Å²) >= 11 is 0. The van der Waals surface area contributed by atoms with Crippen molar-refractivity contribution >= 4 is 29.0 Å². The SMILES string of the molecule is O=C(Nc1cncc(F)c1)N1c2nc(N3CCCC(C(F)(F)F)C3)ccc2N2CC[C@H]1C2. The molecule has 0 aromatic carbocycles. The Morgan fingerprint density at radius 3 is 2.72 bits per heavy atom. The number of pyridine rings is 2. The number of piperidine rings is 1. The third-order valence-electron chi connectivity index (χ3n) is 6.32. The maximum absolute atomic E-state index is 13.5. The Balaban J connectivity index is 1.45. The second kappa shape index (κ2) is 7.79. The maximum atomic E-state index is 13.5. The van der Waals surface area contributed by atoms with Gasteiger partial charge in [-0.1, -0.05) is 0 Å². The molecule has 0 spiro atoms. The fraction of sp³-hybridized carbons (Fsp3) is 0.476. The molecule has 3 aliphatic heterocycles. The van der Waals surface area contributed by atoms with Crippen LogP contribution in [-0.2, 0) is 0 Å². The molecule has 2 saturated heterocycles. The van der Waals surface area contributed by atoms with Gasteiger partial charge in [-0.05, 0) is 31.4 Å². The molecule has 2 aromatic rings. The van der Waals surface area contributed by atoms with Crippen LogP contribution in [-0.4, -0.2) is 54.4 Å². The predicted molar refractivity (Wildman–Crippen MR) is 112 cm³/mol. The maximum Gasteiger partial charge on any atom is 0.393 e. The molecule has 11 heteroatoms. The molecule has 0 radical (unpaired) electrons. The summed E-state index contributed by atoms with van der Waals surface area (Å²) in [5.41, 5.74) is 0.983. The Kier molecular flexibility index (Phi) is 5.06. The number of nitrogens with one attached hydrogen (secondary N) is 1. The zero-order valence-corrected chi connectivity index (χ0v) is 17.1. The van der Waals surface area contributed by atoms with E-state index in [2.05, 4.69) is 20.2 Å². The topological polar surface area (TPSA) is 64.6 Å². The minimum Gasteiger partial charge on any atom is -0.366 e. The highest BCUT2D eigenvalue weighted by atomic mass is 19.4. The van der Waals surface area contributed by atoms with E-state index in [0.29, 0.717) is 31.1 Å². The van der Waals surface area contributed by atoms with Crippen LogP contribution in [0.4, 0.5) is 45.4 Å². The summed E-state index contributed by atoms with van der Waals surface area (Å²) < 4.78 is 53.3. The van der Waals surface area contributed by atoms with Crippen molar-refractivity contribution in [1.82, 2.24) is 9.97 Å². The molecule has 7 nitrogen and oxygen atoms in total. The number of rotatable bonds is 2. The molecular weight excluding hydrogens is 428 g/mol.